The Morgan fingerprint density at radius 1 is 1.05 bits per heavy atom. The molecule has 0 bridgehead atoms. The van der Waals surface area contributed by atoms with Gasteiger partial charge in [0, 0.05) is 18.1 Å². The molecule has 1 aliphatic rings. The fraction of sp³-hybridized carbons (Fsp3) is 0.0714. The van der Waals surface area contributed by atoms with Crippen LogP contribution in [0.2, 0.25) is 5.15 Å². The smallest absolute Gasteiger partial charge is 0.178 e. The standard InChI is InChI=1S/C14H6ClF2N3/c15-11-5-18-14-10(19-11)3-7-1-6-2-8(16)4-9(17)12(6)13(7)20-14/h2-5H,1H2. The van der Waals surface area contributed by atoms with Gasteiger partial charge in [-0.1, -0.05) is 11.6 Å². The molecule has 4 rings (SSSR count). The maximum atomic E-state index is 14.0. The van der Waals surface area contributed by atoms with Crippen LogP contribution in [0.3, 0.4) is 0 Å². The van der Waals surface area contributed by atoms with Crippen LogP contribution < -0.4 is 0 Å². The summed E-state index contributed by atoms with van der Waals surface area (Å²) >= 11 is 5.79. The van der Waals surface area contributed by atoms with Gasteiger partial charge in [0.05, 0.1) is 11.9 Å². The molecule has 20 heavy (non-hydrogen) atoms. The first-order valence-corrected chi connectivity index (χ1v) is 6.30. The Morgan fingerprint density at radius 3 is 2.75 bits per heavy atom. The number of benzene rings is 1. The molecule has 2 aromatic heterocycles. The van der Waals surface area contributed by atoms with Crippen molar-refractivity contribution in [1.82, 2.24) is 15.0 Å². The van der Waals surface area contributed by atoms with Gasteiger partial charge in [0.1, 0.15) is 22.3 Å². The highest BCUT2D eigenvalue weighted by Gasteiger charge is 2.25. The fourth-order valence-corrected chi connectivity index (χ4v) is 2.70. The van der Waals surface area contributed by atoms with Crippen molar-refractivity contribution in [2.75, 3.05) is 0 Å². The average Bonchev–Trinajstić information content (AvgIpc) is 2.72. The van der Waals surface area contributed by atoms with Gasteiger partial charge in [-0.25, -0.2) is 23.7 Å². The molecule has 3 aromatic rings. The third-order valence-electron chi connectivity index (χ3n) is 3.34. The minimum Gasteiger partial charge on any atom is -0.232 e. The summed E-state index contributed by atoms with van der Waals surface area (Å²) in [5, 5.41) is 0.270. The van der Waals surface area contributed by atoms with Crippen molar-refractivity contribution >= 4 is 22.8 Å². The summed E-state index contributed by atoms with van der Waals surface area (Å²) in [5.74, 6) is -1.19. The van der Waals surface area contributed by atoms with E-state index in [2.05, 4.69) is 15.0 Å². The number of hydrogen-bond donors (Lipinski definition) is 0. The van der Waals surface area contributed by atoms with Crippen molar-refractivity contribution in [3.8, 4) is 11.3 Å². The number of aromatic nitrogens is 3. The quantitative estimate of drug-likeness (QED) is 0.497. The van der Waals surface area contributed by atoms with E-state index in [1.54, 1.807) is 6.07 Å². The molecule has 0 amide bonds. The van der Waals surface area contributed by atoms with Gasteiger partial charge in [-0.2, -0.15) is 0 Å². The van der Waals surface area contributed by atoms with Crippen molar-refractivity contribution < 1.29 is 8.78 Å². The molecule has 0 N–H and O–H groups in total. The van der Waals surface area contributed by atoms with E-state index in [1.807, 2.05) is 0 Å². The second-order valence-electron chi connectivity index (χ2n) is 4.63. The second-order valence-corrected chi connectivity index (χ2v) is 5.02. The lowest BCUT2D eigenvalue weighted by atomic mass is 10.1. The molecule has 0 saturated heterocycles. The summed E-state index contributed by atoms with van der Waals surface area (Å²) in [6.07, 6.45) is 1.82. The maximum absolute atomic E-state index is 14.0. The Labute approximate surface area is 117 Å². The predicted octanol–water partition coefficient (Wildman–Crippen LogP) is 3.53. The minimum absolute atomic E-state index is 0.270. The topological polar surface area (TPSA) is 38.7 Å². The number of halogens is 3. The first-order valence-electron chi connectivity index (χ1n) is 5.92. The fourth-order valence-electron chi connectivity index (χ4n) is 2.56. The lowest BCUT2D eigenvalue weighted by Gasteiger charge is -2.03. The summed E-state index contributed by atoms with van der Waals surface area (Å²) in [5.41, 5.74) is 3.18. The van der Waals surface area contributed by atoms with Crippen LogP contribution in [0.1, 0.15) is 11.1 Å². The Morgan fingerprint density at radius 2 is 1.90 bits per heavy atom. The molecule has 0 radical (unpaired) electrons. The van der Waals surface area contributed by atoms with Crippen molar-refractivity contribution in [2.24, 2.45) is 0 Å². The summed E-state index contributed by atoms with van der Waals surface area (Å²) in [6.45, 7) is 0. The first kappa shape index (κ1) is 11.7. The van der Waals surface area contributed by atoms with E-state index < -0.39 is 11.6 Å². The van der Waals surface area contributed by atoms with Crippen LogP contribution >= 0.6 is 11.6 Å². The van der Waals surface area contributed by atoms with Crippen LogP contribution in [0, 0.1) is 11.6 Å². The molecule has 98 valence electrons. The van der Waals surface area contributed by atoms with Gasteiger partial charge in [-0.05, 0) is 23.3 Å². The zero-order valence-electron chi connectivity index (χ0n) is 9.99. The van der Waals surface area contributed by atoms with Gasteiger partial charge in [-0.3, -0.25) is 0 Å². The van der Waals surface area contributed by atoms with E-state index in [0.717, 1.165) is 11.6 Å². The van der Waals surface area contributed by atoms with E-state index in [0.29, 0.717) is 34.4 Å². The zero-order chi connectivity index (χ0) is 13.9. The molecule has 0 fully saturated rings. The van der Waals surface area contributed by atoms with Crippen LogP contribution in [0.5, 0.6) is 0 Å². The monoisotopic (exact) mass is 289 g/mol. The highest BCUT2D eigenvalue weighted by molar-refractivity contribution is 6.29. The molecule has 0 saturated carbocycles. The van der Waals surface area contributed by atoms with E-state index in [-0.39, 0.29) is 5.15 Å². The molecule has 1 aromatic carbocycles. The third kappa shape index (κ3) is 1.59. The molecular weight excluding hydrogens is 284 g/mol. The molecule has 0 unspecified atom stereocenters. The van der Waals surface area contributed by atoms with Crippen molar-refractivity contribution in [1.29, 1.82) is 0 Å². The molecule has 0 atom stereocenters. The Bertz CT molecular complexity index is 880. The van der Waals surface area contributed by atoms with E-state index in [9.17, 15) is 8.78 Å². The summed E-state index contributed by atoms with van der Waals surface area (Å²) in [7, 11) is 0. The van der Waals surface area contributed by atoms with E-state index >= 15 is 0 Å². The molecule has 3 nitrogen and oxygen atoms in total. The van der Waals surface area contributed by atoms with Gasteiger partial charge in [0.25, 0.3) is 0 Å². The number of rotatable bonds is 0. The Kier molecular flexibility index (Phi) is 2.29. The molecule has 2 heterocycles. The Hall–Kier alpha value is -2.14. The minimum atomic E-state index is -0.604. The van der Waals surface area contributed by atoms with Gasteiger partial charge >= 0.3 is 0 Å². The van der Waals surface area contributed by atoms with Crippen molar-refractivity contribution in [3.63, 3.8) is 0 Å². The summed E-state index contributed by atoms with van der Waals surface area (Å²) in [6, 6.07) is 3.97. The van der Waals surface area contributed by atoms with Crippen LogP contribution in [0.4, 0.5) is 8.78 Å². The lowest BCUT2D eigenvalue weighted by molar-refractivity contribution is 0.584. The highest BCUT2D eigenvalue weighted by atomic mass is 35.5. The zero-order valence-corrected chi connectivity index (χ0v) is 10.7. The van der Waals surface area contributed by atoms with Crippen LogP contribution in [0.25, 0.3) is 22.4 Å². The Balaban J connectivity index is 2.03. The number of nitrogens with zero attached hydrogens (tertiary/aromatic N) is 3. The van der Waals surface area contributed by atoms with Gasteiger partial charge in [0.2, 0.25) is 0 Å². The van der Waals surface area contributed by atoms with Crippen LogP contribution in [0.15, 0.2) is 24.4 Å². The van der Waals surface area contributed by atoms with Crippen molar-refractivity contribution in [3.05, 3.63) is 52.3 Å². The number of pyridine rings is 1. The first-order chi connectivity index (χ1) is 9.61. The molecule has 6 heteroatoms. The number of fused-ring (bicyclic) bond motifs is 4. The molecule has 1 aliphatic carbocycles. The molecule has 0 spiro atoms. The normalized spacial score (nSPS) is 12.6. The van der Waals surface area contributed by atoms with Crippen molar-refractivity contribution in [2.45, 2.75) is 6.42 Å². The lowest BCUT2D eigenvalue weighted by Crippen LogP contribution is -1.93. The maximum Gasteiger partial charge on any atom is 0.178 e. The largest absolute Gasteiger partial charge is 0.232 e. The summed E-state index contributed by atoms with van der Waals surface area (Å²) in [4.78, 5) is 12.5. The van der Waals surface area contributed by atoms with Gasteiger partial charge in [0.15, 0.2) is 5.65 Å². The second kappa shape index (κ2) is 3.93. The van der Waals surface area contributed by atoms with Gasteiger partial charge in [-0.15, -0.1) is 0 Å². The van der Waals surface area contributed by atoms with E-state index in [4.69, 9.17) is 11.6 Å². The van der Waals surface area contributed by atoms with E-state index in [1.165, 1.54) is 12.3 Å². The summed E-state index contributed by atoms with van der Waals surface area (Å²) < 4.78 is 27.2. The SMILES string of the molecule is Fc1cc(F)c2c(c1)Cc1cc3nc(Cl)cnc3nc1-2. The third-order valence-corrected chi connectivity index (χ3v) is 3.52. The highest BCUT2D eigenvalue weighted by Crippen LogP contribution is 2.38. The van der Waals surface area contributed by atoms with Crippen LogP contribution in [-0.4, -0.2) is 15.0 Å². The molecule has 0 aliphatic heterocycles. The predicted molar refractivity (Wildman–Crippen MR) is 70.5 cm³/mol. The van der Waals surface area contributed by atoms with Gasteiger partial charge < -0.3 is 0 Å². The van der Waals surface area contributed by atoms with Crippen LogP contribution in [-0.2, 0) is 6.42 Å². The number of hydrogen-bond acceptors (Lipinski definition) is 3. The molecular formula is C14H6ClF2N3. The average molecular weight is 290 g/mol.